The second kappa shape index (κ2) is 8.15. The highest BCUT2D eigenvalue weighted by molar-refractivity contribution is 5.78. The number of hydrogen-bond acceptors (Lipinski definition) is 6. The third-order valence-corrected chi connectivity index (χ3v) is 5.20. The van der Waals surface area contributed by atoms with E-state index in [0.717, 1.165) is 36.4 Å². The summed E-state index contributed by atoms with van der Waals surface area (Å²) in [6, 6.07) is 1.52. The Morgan fingerprint density at radius 1 is 0.962 bits per heavy atom. The van der Waals surface area contributed by atoms with Crippen LogP contribution in [0.15, 0.2) is 15.7 Å². The van der Waals surface area contributed by atoms with Crippen molar-refractivity contribution >= 4 is 5.91 Å². The average molecular weight is 365 g/mol. The summed E-state index contributed by atoms with van der Waals surface area (Å²) >= 11 is 0. The van der Waals surface area contributed by atoms with Gasteiger partial charge in [0, 0.05) is 71.7 Å². The molecule has 9 nitrogen and oxygen atoms in total. The van der Waals surface area contributed by atoms with E-state index in [-0.39, 0.29) is 17.2 Å². The standard InChI is InChI=1S/C17H27N5O4/c1-18-14(11-15(23)19(2)17(18)25)12-20-3-5-21(6-4-20)13-16(24)22-7-9-26-10-8-22/h11H,3-10,12-13H2,1-2H3. The molecular formula is C17H27N5O4. The maximum Gasteiger partial charge on any atom is 0.330 e. The zero-order chi connectivity index (χ0) is 18.7. The van der Waals surface area contributed by atoms with Crippen LogP contribution >= 0.6 is 0 Å². The number of morpholine rings is 1. The van der Waals surface area contributed by atoms with Crippen molar-refractivity contribution in [2.24, 2.45) is 14.1 Å². The van der Waals surface area contributed by atoms with Crippen LogP contribution in [0.25, 0.3) is 0 Å². The van der Waals surface area contributed by atoms with Crippen LogP contribution in [0.2, 0.25) is 0 Å². The summed E-state index contributed by atoms with van der Waals surface area (Å²) in [5.41, 5.74) is 0.135. The van der Waals surface area contributed by atoms with Gasteiger partial charge < -0.3 is 9.64 Å². The lowest BCUT2D eigenvalue weighted by Gasteiger charge is -2.36. The van der Waals surface area contributed by atoms with Crippen LogP contribution in [0, 0.1) is 0 Å². The van der Waals surface area contributed by atoms with E-state index in [1.54, 1.807) is 7.05 Å². The highest BCUT2D eigenvalue weighted by Gasteiger charge is 2.23. The van der Waals surface area contributed by atoms with Gasteiger partial charge in [-0.3, -0.25) is 28.5 Å². The maximum absolute atomic E-state index is 12.3. The molecular weight excluding hydrogens is 338 g/mol. The Morgan fingerprint density at radius 3 is 2.23 bits per heavy atom. The molecule has 0 saturated carbocycles. The lowest BCUT2D eigenvalue weighted by Crippen LogP contribution is -2.51. The largest absolute Gasteiger partial charge is 0.378 e. The SMILES string of the molecule is Cn1c(CN2CCN(CC(=O)N3CCOCC3)CC2)cc(=O)n(C)c1=O. The molecule has 2 aliphatic rings. The minimum atomic E-state index is -0.303. The van der Waals surface area contributed by atoms with Gasteiger partial charge in [-0.2, -0.15) is 0 Å². The fourth-order valence-corrected chi connectivity index (χ4v) is 3.37. The van der Waals surface area contributed by atoms with Crippen LogP contribution in [0.1, 0.15) is 5.69 Å². The Morgan fingerprint density at radius 2 is 1.58 bits per heavy atom. The fourth-order valence-electron chi connectivity index (χ4n) is 3.37. The van der Waals surface area contributed by atoms with Crippen molar-refractivity contribution < 1.29 is 9.53 Å². The third kappa shape index (κ3) is 4.22. The molecule has 26 heavy (non-hydrogen) atoms. The van der Waals surface area contributed by atoms with Gasteiger partial charge in [-0.25, -0.2) is 4.79 Å². The number of carbonyl (C=O) groups excluding carboxylic acids is 1. The number of aromatic nitrogens is 2. The quantitative estimate of drug-likeness (QED) is 0.618. The molecule has 2 fully saturated rings. The van der Waals surface area contributed by atoms with E-state index in [4.69, 9.17) is 4.74 Å². The summed E-state index contributed by atoms with van der Waals surface area (Å²) in [4.78, 5) is 42.4. The zero-order valence-corrected chi connectivity index (χ0v) is 15.5. The predicted octanol–water partition coefficient (Wildman–Crippen LogP) is -1.94. The zero-order valence-electron chi connectivity index (χ0n) is 15.5. The Labute approximate surface area is 152 Å². The molecule has 1 aromatic heterocycles. The van der Waals surface area contributed by atoms with Crippen molar-refractivity contribution in [3.63, 3.8) is 0 Å². The summed E-state index contributed by atoms with van der Waals surface area (Å²) < 4.78 is 7.92. The molecule has 0 aromatic carbocycles. The number of amides is 1. The van der Waals surface area contributed by atoms with Crippen LogP contribution in [0.4, 0.5) is 0 Å². The molecule has 144 valence electrons. The molecule has 1 aromatic rings. The van der Waals surface area contributed by atoms with Crippen molar-refractivity contribution in [2.75, 3.05) is 59.0 Å². The summed E-state index contributed by atoms with van der Waals surface area (Å²) in [5, 5.41) is 0. The average Bonchev–Trinajstić information content (AvgIpc) is 2.66. The summed E-state index contributed by atoms with van der Waals surface area (Å²) in [5.74, 6) is 0.163. The van der Waals surface area contributed by atoms with Crippen molar-refractivity contribution in [3.05, 3.63) is 32.6 Å². The van der Waals surface area contributed by atoms with Gasteiger partial charge >= 0.3 is 5.69 Å². The third-order valence-electron chi connectivity index (χ3n) is 5.20. The number of piperazine rings is 1. The van der Waals surface area contributed by atoms with Gasteiger partial charge in [0.15, 0.2) is 0 Å². The Hall–Kier alpha value is -1.97. The molecule has 1 amide bonds. The maximum atomic E-state index is 12.3. The van der Waals surface area contributed by atoms with E-state index in [9.17, 15) is 14.4 Å². The van der Waals surface area contributed by atoms with Gasteiger partial charge in [0.25, 0.3) is 5.56 Å². The van der Waals surface area contributed by atoms with Gasteiger partial charge in [0.1, 0.15) is 0 Å². The van der Waals surface area contributed by atoms with Crippen molar-refractivity contribution in [1.82, 2.24) is 23.8 Å². The number of ether oxygens (including phenoxy) is 1. The van der Waals surface area contributed by atoms with E-state index in [2.05, 4.69) is 9.80 Å². The molecule has 0 atom stereocenters. The van der Waals surface area contributed by atoms with Gasteiger partial charge in [-0.15, -0.1) is 0 Å². The molecule has 0 radical (unpaired) electrons. The van der Waals surface area contributed by atoms with Crippen molar-refractivity contribution in [1.29, 1.82) is 0 Å². The molecule has 0 unspecified atom stereocenters. The molecule has 0 spiro atoms. The molecule has 0 bridgehead atoms. The lowest BCUT2D eigenvalue weighted by molar-refractivity contribution is -0.136. The van der Waals surface area contributed by atoms with Crippen LogP contribution in [-0.2, 0) is 30.2 Å². The van der Waals surface area contributed by atoms with E-state index in [1.165, 1.54) is 17.7 Å². The van der Waals surface area contributed by atoms with E-state index in [1.807, 2.05) is 4.90 Å². The van der Waals surface area contributed by atoms with Gasteiger partial charge in [-0.1, -0.05) is 0 Å². The molecule has 0 N–H and O–H groups in total. The lowest BCUT2D eigenvalue weighted by atomic mass is 10.2. The number of nitrogens with zero attached hydrogens (tertiary/aromatic N) is 5. The van der Waals surface area contributed by atoms with E-state index >= 15 is 0 Å². The van der Waals surface area contributed by atoms with Crippen LogP contribution in [-0.4, -0.2) is 88.8 Å². The Bertz CT molecular complexity index is 757. The molecule has 3 rings (SSSR count). The minimum Gasteiger partial charge on any atom is -0.378 e. The minimum absolute atomic E-state index is 0.163. The molecule has 3 heterocycles. The first-order valence-corrected chi connectivity index (χ1v) is 9.02. The molecule has 2 saturated heterocycles. The highest BCUT2D eigenvalue weighted by atomic mass is 16.5. The molecule has 0 aliphatic carbocycles. The predicted molar refractivity (Wildman–Crippen MR) is 96.0 cm³/mol. The normalized spacial score (nSPS) is 19.7. The number of carbonyl (C=O) groups is 1. The van der Waals surface area contributed by atoms with Crippen LogP contribution in [0.5, 0.6) is 0 Å². The first-order valence-electron chi connectivity index (χ1n) is 9.02. The first kappa shape index (κ1) is 18.8. The fraction of sp³-hybridized carbons (Fsp3) is 0.706. The van der Waals surface area contributed by atoms with Gasteiger partial charge in [-0.05, 0) is 0 Å². The van der Waals surface area contributed by atoms with Gasteiger partial charge in [0.05, 0.1) is 19.8 Å². The Balaban J connectivity index is 1.52. The monoisotopic (exact) mass is 365 g/mol. The smallest absolute Gasteiger partial charge is 0.330 e. The van der Waals surface area contributed by atoms with E-state index < -0.39 is 0 Å². The Kier molecular flexibility index (Phi) is 5.90. The van der Waals surface area contributed by atoms with Crippen molar-refractivity contribution in [3.8, 4) is 0 Å². The van der Waals surface area contributed by atoms with Crippen LogP contribution < -0.4 is 11.2 Å². The van der Waals surface area contributed by atoms with Crippen LogP contribution in [0.3, 0.4) is 0 Å². The molecule has 9 heteroatoms. The van der Waals surface area contributed by atoms with E-state index in [0.29, 0.717) is 39.4 Å². The highest BCUT2D eigenvalue weighted by Crippen LogP contribution is 2.07. The second-order valence-electron chi connectivity index (χ2n) is 6.92. The molecule has 2 aliphatic heterocycles. The number of rotatable bonds is 4. The van der Waals surface area contributed by atoms with Crippen molar-refractivity contribution in [2.45, 2.75) is 6.54 Å². The summed E-state index contributed by atoms with van der Waals surface area (Å²) in [7, 11) is 3.17. The van der Waals surface area contributed by atoms with Gasteiger partial charge in [0.2, 0.25) is 5.91 Å². The summed E-state index contributed by atoms with van der Waals surface area (Å²) in [6.07, 6.45) is 0. The second-order valence-corrected chi connectivity index (χ2v) is 6.92. The summed E-state index contributed by atoms with van der Waals surface area (Å²) in [6.45, 7) is 6.81. The first-order chi connectivity index (χ1) is 12.5. The number of hydrogen-bond donors (Lipinski definition) is 0. The topological polar surface area (TPSA) is 80.0 Å².